The summed E-state index contributed by atoms with van der Waals surface area (Å²) in [6.45, 7) is 11.9. The zero-order valence-corrected chi connectivity index (χ0v) is 16.0. The lowest BCUT2D eigenvalue weighted by Gasteiger charge is -2.27. The van der Waals surface area contributed by atoms with Gasteiger partial charge in [-0.3, -0.25) is 9.69 Å². The van der Waals surface area contributed by atoms with E-state index in [1.807, 2.05) is 53.7 Å². The molecule has 0 aliphatic heterocycles. The zero-order valence-electron chi connectivity index (χ0n) is 15.3. The molecular weight excluding hydrogens is 328 g/mol. The molecule has 0 atom stereocenters. The Labute approximate surface area is 149 Å². The lowest BCUT2D eigenvalue weighted by atomic mass is 10.00. The third kappa shape index (κ3) is 5.71. The largest absolute Gasteiger partial charge is 0.443 e. The van der Waals surface area contributed by atoms with Crippen molar-refractivity contribution < 1.29 is 14.3 Å². The molecule has 6 heteroatoms. The van der Waals surface area contributed by atoms with Gasteiger partial charge in [0.2, 0.25) is 5.91 Å². The number of carbonyl (C=O) groups is 2. The fourth-order valence-electron chi connectivity index (χ4n) is 2.24. The highest BCUT2D eigenvalue weighted by molar-refractivity contribution is 6.29. The topological polar surface area (TPSA) is 58.6 Å². The summed E-state index contributed by atoms with van der Waals surface area (Å²) in [7, 11) is 0. The average Bonchev–Trinajstić information content (AvgIpc) is 2.45. The maximum atomic E-state index is 12.4. The average molecular weight is 355 g/mol. The molecule has 24 heavy (non-hydrogen) atoms. The van der Waals surface area contributed by atoms with Gasteiger partial charge in [-0.25, -0.2) is 4.79 Å². The van der Waals surface area contributed by atoms with Crippen LogP contribution in [0.1, 0.15) is 53.0 Å². The van der Waals surface area contributed by atoms with Crippen LogP contribution in [0.4, 0.5) is 16.2 Å². The van der Waals surface area contributed by atoms with Crippen molar-refractivity contribution in [2.75, 3.05) is 22.6 Å². The van der Waals surface area contributed by atoms with Crippen molar-refractivity contribution in [2.45, 2.75) is 53.1 Å². The minimum Gasteiger partial charge on any atom is -0.443 e. The van der Waals surface area contributed by atoms with Crippen molar-refractivity contribution in [3.63, 3.8) is 0 Å². The Hall–Kier alpha value is -1.75. The molecule has 134 valence electrons. The second-order valence-electron chi connectivity index (χ2n) is 6.83. The molecule has 0 radical (unpaired) electrons. The molecule has 0 fully saturated rings. The monoisotopic (exact) mass is 354 g/mol. The van der Waals surface area contributed by atoms with Gasteiger partial charge in [0.15, 0.2) is 0 Å². The molecule has 0 spiro atoms. The van der Waals surface area contributed by atoms with E-state index in [9.17, 15) is 9.59 Å². The summed E-state index contributed by atoms with van der Waals surface area (Å²) in [5.41, 5.74) is 1.74. The van der Waals surface area contributed by atoms with Crippen LogP contribution in [0, 0.1) is 0 Å². The Bertz CT molecular complexity index is 594. The quantitative estimate of drug-likeness (QED) is 0.776. The van der Waals surface area contributed by atoms with E-state index < -0.39 is 11.7 Å². The van der Waals surface area contributed by atoms with Gasteiger partial charge in [-0.1, -0.05) is 19.9 Å². The van der Waals surface area contributed by atoms with E-state index in [0.717, 1.165) is 5.56 Å². The Morgan fingerprint density at radius 2 is 1.92 bits per heavy atom. The fourth-order valence-corrected chi connectivity index (χ4v) is 2.31. The van der Waals surface area contributed by atoms with E-state index in [-0.39, 0.29) is 17.7 Å². The van der Waals surface area contributed by atoms with Gasteiger partial charge < -0.3 is 10.1 Å². The van der Waals surface area contributed by atoms with Crippen LogP contribution in [0.15, 0.2) is 18.2 Å². The normalized spacial score (nSPS) is 11.3. The van der Waals surface area contributed by atoms with Crippen LogP contribution in [-0.4, -0.2) is 30.0 Å². The van der Waals surface area contributed by atoms with Crippen molar-refractivity contribution in [1.82, 2.24) is 0 Å². The smallest absolute Gasteiger partial charge is 0.414 e. The van der Waals surface area contributed by atoms with E-state index in [0.29, 0.717) is 17.9 Å². The Balaban J connectivity index is 3.19. The van der Waals surface area contributed by atoms with E-state index in [1.54, 1.807) is 6.07 Å². The van der Waals surface area contributed by atoms with E-state index in [2.05, 4.69) is 5.32 Å². The number of amides is 2. The molecule has 0 aliphatic carbocycles. The van der Waals surface area contributed by atoms with E-state index in [1.165, 1.54) is 4.90 Å². The summed E-state index contributed by atoms with van der Waals surface area (Å²) >= 11 is 5.59. The first-order valence-corrected chi connectivity index (χ1v) is 8.62. The number of halogens is 1. The molecule has 0 unspecified atom stereocenters. The SMILES string of the molecule is CCN(C(=O)OC(C)(C)C)c1ccc(C(C)C)c(NC(=O)CCl)c1. The van der Waals surface area contributed by atoms with Gasteiger partial charge in [0.25, 0.3) is 0 Å². The van der Waals surface area contributed by atoms with Crippen molar-refractivity contribution in [1.29, 1.82) is 0 Å². The summed E-state index contributed by atoms with van der Waals surface area (Å²) in [6.07, 6.45) is -0.420. The molecule has 0 aromatic heterocycles. The second kappa shape index (κ2) is 8.38. The number of alkyl halides is 1. The molecule has 0 saturated carbocycles. The fraction of sp³-hybridized carbons (Fsp3) is 0.556. The molecule has 1 N–H and O–H groups in total. The first-order chi connectivity index (χ1) is 11.1. The predicted octanol–water partition coefficient (Wildman–Crippen LogP) is 4.75. The van der Waals surface area contributed by atoms with E-state index >= 15 is 0 Å². The van der Waals surface area contributed by atoms with Gasteiger partial charge >= 0.3 is 6.09 Å². The molecule has 0 bridgehead atoms. The number of nitrogens with zero attached hydrogens (tertiary/aromatic N) is 1. The van der Waals surface area contributed by atoms with E-state index in [4.69, 9.17) is 16.3 Å². The highest BCUT2D eigenvalue weighted by atomic mass is 35.5. The molecule has 2 amide bonds. The summed E-state index contributed by atoms with van der Waals surface area (Å²) in [5, 5.41) is 2.80. The predicted molar refractivity (Wildman–Crippen MR) is 99.1 cm³/mol. The lowest BCUT2D eigenvalue weighted by Crippen LogP contribution is -2.36. The third-order valence-electron chi connectivity index (χ3n) is 3.30. The van der Waals surface area contributed by atoms with Crippen LogP contribution in [0.3, 0.4) is 0 Å². The van der Waals surface area contributed by atoms with Crippen LogP contribution < -0.4 is 10.2 Å². The highest BCUT2D eigenvalue weighted by Crippen LogP contribution is 2.30. The molecule has 5 nitrogen and oxygen atoms in total. The maximum absolute atomic E-state index is 12.4. The molecule has 1 aromatic carbocycles. The summed E-state index contributed by atoms with van der Waals surface area (Å²) in [5.74, 6) is -0.178. The highest BCUT2D eigenvalue weighted by Gasteiger charge is 2.23. The number of benzene rings is 1. The lowest BCUT2D eigenvalue weighted by molar-refractivity contribution is -0.113. The first kappa shape index (κ1) is 20.3. The van der Waals surface area contributed by atoms with Crippen LogP contribution in [0.25, 0.3) is 0 Å². The summed E-state index contributed by atoms with van der Waals surface area (Å²) in [4.78, 5) is 25.6. The summed E-state index contributed by atoms with van der Waals surface area (Å²) in [6, 6.07) is 5.56. The number of anilines is 2. The molecule has 0 saturated heterocycles. The molecular formula is C18H27ClN2O3. The van der Waals surface area contributed by atoms with Crippen LogP contribution in [0.2, 0.25) is 0 Å². The van der Waals surface area contributed by atoms with Gasteiger partial charge in [-0.05, 0) is 51.3 Å². The van der Waals surface area contributed by atoms with Crippen LogP contribution in [0.5, 0.6) is 0 Å². The van der Waals surface area contributed by atoms with Crippen molar-refractivity contribution >= 4 is 35.0 Å². The third-order valence-corrected chi connectivity index (χ3v) is 3.54. The number of nitrogens with one attached hydrogen (secondary N) is 1. The minimum absolute atomic E-state index is 0.120. The van der Waals surface area contributed by atoms with Gasteiger partial charge in [0.1, 0.15) is 11.5 Å². The van der Waals surface area contributed by atoms with Crippen molar-refractivity contribution in [2.24, 2.45) is 0 Å². The summed E-state index contributed by atoms with van der Waals surface area (Å²) < 4.78 is 5.44. The molecule has 0 aliphatic rings. The molecule has 1 rings (SSSR count). The zero-order chi connectivity index (χ0) is 18.5. The number of hydrogen-bond donors (Lipinski definition) is 1. The second-order valence-corrected chi connectivity index (χ2v) is 7.10. The van der Waals surface area contributed by atoms with Crippen molar-refractivity contribution in [3.8, 4) is 0 Å². The van der Waals surface area contributed by atoms with Gasteiger partial charge in [-0.15, -0.1) is 11.6 Å². The standard InChI is InChI=1S/C18H27ClN2O3/c1-7-21(17(23)24-18(4,5)6)13-8-9-14(12(2)3)15(10-13)20-16(22)11-19/h8-10,12H,7,11H2,1-6H3,(H,20,22). The Morgan fingerprint density at radius 1 is 1.29 bits per heavy atom. The van der Waals surface area contributed by atoms with Crippen LogP contribution >= 0.6 is 11.6 Å². The van der Waals surface area contributed by atoms with Gasteiger partial charge in [-0.2, -0.15) is 0 Å². The number of ether oxygens (including phenoxy) is 1. The number of carbonyl (C=O) groups excluding carboxylic acids is 2. The van der Waals surface area contributed by atoms with Gasteiger partial charge in [0, 0.05) is 17.9 Å². The maximum Gasteiger partial charge on any atom is 0.414 e. The van der Waals surface area contributed by atoms with Crippen LogP contribution in [-0.2, 0) is 9.53 Å². The molecule has 1 aromatic rings. The Morgan fingerprint density at radius 3 is 2.38 bits per heavy atom. The first-order valence-electron chi connectivity index (χ1n) is 8.09. The van der Waals surface area contributed by atoms with Gasteiger partial charge in [0.05, 0.1) is 0 Å². The number of hydrogen-bond acceptors (Lipinski definition) is 3. The van der Waals surface area contributed by atoms with Crippen molar-refractivity contribution in [3.05, 3.63) is 23.8 Å². The number of rotatable bonds is 5. The molecule has 0 heterocycles. The minimum atomic E-state index is -0.571. The Kier molecular flexibility index (Phi) is 7.08.